The highest BCUT2D eigenvalue weighted by molar-refractivity contribution is 5.88. The standard InChI is InChI=1S/C25H34N2O2/c1-6-23(25(29)26-16-18(2)3)27(17-22-14-10-8-12-20(22)5)24(28)15-21-13-9-7-11-19(21)4/h7-14,18,23H,6,15-17H2,1-5H3,(H,26,29)/t23-/m1/s1. The topological polar surface area (TPSA) is 49.4 Å². The highest BCUT2D eigenvalue weighted by Crippen LogP contribution is 2.18. The van der Waals surface area contributed by atoms with Crippen molar-refractivity contribution in [3.8, 4) is 0 Å². The van der Waals surface area contributed by atoms with Crippen molar-refractivity contribution >= 4 is 11.8 Å². The number of rotatable bonds is 9. The van der Waals surface area contributed by atoms with Gasteiger partial charge in [0.1, 0.15) is 6.04 Å². The smallest absolute Gasteiger partial charge is 0.242 e. The number of carbonyl (C=O) groups is 2. The van der Waals surface area contributed by atoms with Crippen LogP contribution in [0, 0.1) is 19.8 Å². The lowest BCUT2D eigenvalue weighted by Crippen LogP contribution is -2.50. The minimum Gasteiger partial charge on any atom is -0.354 e. The lowest BCUT2D eigenvalue weighted by atomic mass is 10.0. The highest BCUT2D eigenvalue weighted by Gasteiger charge is 2.29. The molecule has 4 nitrogen and oxygen atoms in total. The van der Waals surface area contributed by atoms with Crippen LogP contribution in [0.2, 0.25) is 0 Å². The van der Waals surface area contributed by atoms with E-state index in [0.29, 0.717) is 31.8 Å². The van der Waals surface area contributed by atoms with Crippen LogP contribution in [0.25, 0.3) is 0 Å². The summed E-state index contributed by atoms with van der Waals surface area (Å²) >= 11 is 0. The van der Waals surface area contributed by atoms with Crippen LogP contribution in [0.1, 0.15) is 49.4 Å². The van der Waals surface area contributed by atoms with Crippen molar-refractivity contribution in [2.75, 3.05) is 6.54 Å². The summed E-state index contributed by atoms with van der Waals surface area (Å²) in [5.74, 6) is 0.269. The molecule has 0 spiro atoms. The number of hydrogen-bond acceptors (Lipinski definition) is 2. The Balaban J connectivity index is 2.30. The van der Waals surface area contributed by atoms with E-state index in [1.807, 2.05) is 69.3 Å². The van der Waals surface area contributed by atoms with E-state index in [9.17, 15) is 9.59 Å². The number of amides is 2. The number of hydrogen-bond donors (Lipinski definition) is 1. The predicted octanol–water partition coefficient (Wildman–Crippen LogP) is 4.43. The van der Waals surface area contributed by atoms with Gasteiger partial charge >= 0.3 is 0 Å². The third-order valence-corrected chi connectivity index (χ3v) is 5.28. The van der Waals surface area contributed by atoms with Gasteiger partial charge in [0.05, 0.1) is 6.42 Å². The Morgan fingerprint density at radius 3 is 2.00 bits per heavy atom. The van der Waals surface area contributed by atoms with Crippen molar-refractivity contribution < 1.29 is 9.59 Å². The summed E-state index contributed by atoms with van der Waals surface area (Å²) in [7, 11) is 0. The molecule has 4 heteroatoms. The van der Waals surface area contributed by atoms with Crippen molar-refractivity contribution in [2.45, 2.75) is 60.0 Å². The van der Waals surface area contributed by atoms with Crippen molar-refractivity contribution in [3.05, 3.63) is 70.8 Å². The maximum Gasteiger partial charge on any atom is 0.242 e. The summed E-state index contributed by atoms with van der Waals surface area (Å²) in [4.78, 5) is 28.0. The van der Waals surface area contributed by atoms with Crippen LogP contribution in [0.15, 0.2) is 48.5 Å². The Hall–Kier alpha value is -2.62. The Bertz CT molecular complexity index is 829. The summed E-state index contributed by atoms with van der Waals surface area (Å²) < 4.78 is 0. The van der Waals surface area contributed by atoms with Crippen LogP contribution in [-0.4, -0.2) is 29.3 Å². The van der Waals surface area contributed by atoms with Gasteiger partial charge < -0.3 is 10.2 Å². The van der Waals surface area contributed by atoms with Gasteiger partial charge in [0.2, 0.25) is 11.8 Å². The third-order valence-electron chi connectivity index (χ3n) is 5.28. The van der Waals surface area contributed by atoms with Crippen molar-refractivity contribution in [2.24, 2.45) is 5.92 Å². The lowest BCUT2D eigenvalue weighted by molar-refractivity contribution is -0.141. The van der Waals surface area contributed by atoms with E-state index in [1.54, 1.807) is 4.90 Å². The van der Waals surface area contributed by atoms with Gasteiger partial charge in [-0.05, 0) is 48.4 Å². The van der Waals surface area contributed by atoms with Gasteiger partial charge in [-0.25, -0.2) is 0 Å². The molecule has 0 fully saturated rings. The molecule has 0 aromatic heterocycles. The molecule has 1 N–H and O–H groups in total. The van der Waals surface area contributed by atoms with Crippen LogP contribution >= 0.6 is 0 Å². The molecule has 2 aromatic rings. The Morgan fingerprint density at radius 2 is 1.48 bits per heavy atom. The van der Waals surface area contributed by atoms with E-state index in [2.05, 4.69) is 19.2 Å². The van der Waals surface area contributed by atoms with Gasteiger partial charge in [0.25, 0.3) is 0 Å². The van der Waals surface area contributed by atoms with E-state index in [1.165, 1.54) is 0 Å². The molecule has 1 atom stereocenters. The Labute approximate surface area is 175 Å². The first-order valence-electron chi connectivity index (χ1n) is 10.5. The third kappa shape index (κ3) is 6.45. The zero-order valence-corrected chi connectivity index (χ0v) is 18.4. The molecule has 0 aliphatic carbocycles. The van der Waals surface area contributed by atoms with Crippen LogP contribution in [0.3, 0.4) is 0 Å². The first-order chi connectivity index (χ1) is 13.8. The van der Waals surface area contributed by atoms with Gasteiger partial charge in [-0.3, -0.25) is 9.59 Å². The number of nitrogens with zero attached hydrogens (tertiary/aromatic N) is 1. The fraction of sp³-hybridized carbons (Fsp3) is 0.440. The van der Waals surface area contributed by atoms with Crippen molar-refractivity contribution in [1.29, 1.82) is 0 Å². The molecular weight excluding hydrogens is 360 g/mol. The monoisotopic (exact) mass is 394 g/mol. The minimum absolute atomic E-state index is 0.0194. The van der Waals surface area contributed by atoms with E-state index in [-0.39, 0.29) is 11.8 Å². The second-order valence-electron chi connectivity index (χ2n) is 8.11. The lowest BCUT2D eigenvalue weighted by Gasteiger charge is -2.31. The van der Waals surface area contributed by atoms with Crippen LogP contribution in [0.4, 0.5) is 0 Å². The maximum atomic E-state index is 13.4. The first-order valence-corrected chi connectivity index (χ1v) is 10.5. The van der Waals surface area contributed by atoms with Crippen LogP contribution in [-0.2, 0) is 22.6 Å². The summed E-state index contributed by atoms with van der Waals surface area (Å²) in [6, 6.07) is 15.5. The summed E-state index contributed by atoms with van der Waals surface area (Å²) in [6.45, 7) is 11.2. The molecular formula is C25H34N2O2. The highest BCUT2D eigenvalue weighted by atomic mass is 16.2. The molecule has 156 valence electrons. The van der Waals surface area contributed by atoms with Gasteiger partial charge in [-0.15, -0.1) is 0 Å². The van der Waals surface area contributed by atoms with E-state index < -0.39 is 6.04 Å². The van der Waals surface area contributed by atoms with E-state index in [4.69, 9.17) is 0 Å². The first kappa shape index (κ1) is 22.7. The zero-order valence-electron chi connectivity index (χ0n) is 18.4. The van der Waals surface area contributed by atoms with Gasteiger partial charge in [-0.2, -0.15) is 0 Å². The second-order valence-corrected chi connectivity index (χ2v) is 8.11. The summed E-state index contributed by atoms with van der Waals surface area (Å²) in [5, 5.41) is 3.01. The van der Waals surface area contributed by atoms with Crippen molar-refractivity contribution in [3.63, 3.8) is 0 Å². The van der Waals surface area contributed by atoms with Gasteiger partial charge in [0.15, 0.2) is 0 Å². The molecule has 0 heterocycles. The van der Waals surface area contributed by atoms with E-state index in [0.717, 1.165) is 22.3 Å². The molecule has 0 aliphatic rings. The molecule has 2 aromatic carbocycles. The molecule has 2 amide bonds. The molecule has 0 saturated heterocycles. The number of benzene rings is 2. The molecule has 0 unspecified atom stereocenters. The minimum atomic E-state index is -0.482. The number of aryl methyl sites for hydroxylation is 2. The zero-order chi connectivity index (χ0) is 21.4. The van der Waals surface area contributed by atoms with Gasteiger partial charge in [-0.1, -0.05) is 69.3 Å². The number of carbonyl (C=O) groups excluding carboxylic acids is 2. The molecule has 2 rings (SSSR count). The second kappa shape index (κ2) is 10.8. The van der Waals surface area contributed by atoms with Gasteiger partial charge in [0, 0.05) is 13.1 Å². The average molecular weight is 395 g/mol. The van der Waals surface area contributed by atoms with E-state index >= 15 is 0 Å². The van der Waals surface area contributed by atoms with Crippen LogP contribution in [0.5, 0.6) is 0 Å². The predicted molar refractivity (Wildman–Crippen MR) is 119 cm³/mol. The van der Waals surface area contributed by atoms with Crippen molar-refractivity contribution in [1.82, 2.24) is 10.2 Å². The fourth-order valence-corrected chi connectivity index (χ4v) is 3.39. The molecule has 29 heavy (non-hydrogen) atoms. The number of nitrogens with one attached hydrogen (secondary N) is 1. The molecule has 0 bridgehead atoms. The fourth-order valence-electron chi connectivity index (χ4n) is 3.39. The molecule has 0 aliphatic heterocycles. The normalized spacial score (nSPS) is 11.9. The Morgan fingerprint density at radius 1 is 0.931 bits per heavy atom. The average Bonchev–Trinajstić information content (AvgIpc) is 2.69. The summed E-state index contributed by atoms with van der Waals surface area (Å²) in [6.07, 6.45) is 0.877. The molecule has 0 radical (unpaired) electrons. The Kier molecular flexibility index (Phi) is 8.44. The maximum absolute atomic E-state index is 13.4. The largest absolute Gasteiger partial charge is 0.354 e. The quantitative estimate of drug-likeness (QED) is 0.684. The molecule has 0 saturated carbocycles. The summed E-state index contributed by atoms with van der Waals surface area (Å²) in [5.41, 5.74) is 4.29. The SMILES string of the molecule is CC[C@H](C(=O)NCC(C)C)N(Cc1ccccc1C)C(=O)Cc1ccccc1C. The van der Waals surface area contributed by atoms with Crippen LogP contribution < -0.4 is 5.32 Å².